The van der Waals surface area contributed by atoms with E-state index in [2.05, 4.69) is 0 Å². The van der Waals surface area contributed by atoms with Crippen molar-refractivity contribution in [3.8, 4) is 5.75 Å². The number of carbonyl (C=O) groups is 2. The SMILES string of the molecule is COc1ccc2c(c1)[C@@]1(SCCN1C(C)=O)C(=O)N2Cc1ccc(F)c(F)c1. The Kier molecular flexibility index (Phi) is 4.53. The minimum Gasteiger partial charge on any atom is -0.497 e. The number of ether oxygens (including phenoxy) is 1. The van der Waals surface area contributed by atoms with Crippen LogP contribution in [0.15, 0.2) is 36.4 Å². The highest BCUT2D eigenvalue weighted by Gasteiger charge is 2.59. The van der Waals surface area contributed by atoms with E-state index in [0.29, 0.717) is 34.9 Å². The molecule has 1 saturated heterocycles. The van der Waals surface area contributed by atoms with Crippen LogP contribution in [-0.4, -0.2) is 36.1 Å². The van der Waals surface area contributed by atoms with Crippen LogP contribution in [0.4, 0.5) is 14.5 Å². The Bertz CT molecular complexity index is 984. The van der Waals surface area contributed by atoms with Crippen LogP contribution >= 0.6 is 11.8 Å². The lowest BCUT2D eigenvalue weighted by Crippen LogP contribution is -2.49. The zero-order valence-electron chi connectivity index (χ0n) is 15.4. The number of fused-ring (bicyclic) bond motifs is 2. The minimum atomic E-state index is -1.16. The van der Waals surface area contributed by atoms with Gasteiger partial charge in [0.25, 0.3) is 5.91 Å². The fraction of sp³-hybridized carbons (Fsp3) is 0.300. The maximum Gasteiger partial charge on any atom is 0.268 e. The van der Waals surface area contributed by atoms with E-state index in [0.717, 1.165) is 12.1 Å². The molecular weight excluding hydrogens is 386 g/mol. The first-order chi connectivity index (χ1) is 13.4. The molecule has 0 bridgehead atoms. The van der Waals surface area contributed by atoms with Gasteiger partial charge in [-0.15, -0.1) is 11.8 Å². The number of carbonyl (C=O) groups excluding carboxylic acids is 2. The first-order valence-electron chi connectivity index (χ1n) is 8.75. The van der Waals surface area contributed by atoms with Gasteiger partial charge in [-0.3, -0.25) is 9.59 Å². The summed E-state index contributed by atoms with van der Waals surface area (Å²) in [5.41, 5.74) is 1.77. The van der Waals surface area contributed by atoms with E-state index < -0.39 is 16.5 Å². The fourth-order valence-corrected chi connectivity index (χ4v) is 5.33. The lowest BCUT2D eigenvalue weighted by atomic mass is 10.1. The lowest BCUT2D eigenvalue weighted by molar-refractivity contribution is -0.138. The summed E-state index contributed by atoms with van der Waals surface area (Å²) in [7, 11) is 1.54. The third-order valence-electron chi connectivity index (χ3n) is 5.11. The molecule has 2 aromatic rings. The van der Waals surface area contributed by atoms with Crippen molar-refractivity contribution in [2.24, 2.45) is 0 Å². The van der Waals surface area contributed by atoms with E-state index in [1.165, 1.54) is 36.8 Å². The molecule has 2 amide bonds. The number of halogens is 2. The molecule has 2 aromatic carbocycles. The second kappa shape index (κ2) is 6.77. The number of hydrogen-bond acceptors (Lipinski definition) is 4. The Hall–Kier alpha value is -2.61. The number of methoxy groups -OCH3 is 1. The number of amides is 2. The monoisotopic (exact) mass is 404 g/mol. The van der Waals surface area contributed by atoms with Crippen LogP contribution in [0.25, 0.3) is 0 Å². The number of nitrogens with zero attached hydrogens (tertiary/aromatic N) is 2. The van der Waals surface area contributed by atoms with Gasteiger partial charge in [-0.2, -0.15) is 0 Å². The van der Waals surface area contributed by atoms with Gasteiger partial charge >= 0.3 is 0 Å². The van der Waals surface area contributed by atoms with Gasteiger partial charge in [-0.1, -0.05) is 6.07 Å². The molecule has 0 radical (unpaired) electrons. The Labute approximate surface area is 165 Å². The molecule has 1 atom stereocenters. The smallest absolute Gasteiger partial charge is 0.268 e. The van der Waals surface area contributed by atoms with Gasteiger partial charge in [0.1, 0.15) is 5.75 Å². The molecule has 0 aromatic heterocycles. The predicted octanol–water partition coefficient (Wildman–Crippen LogP) is 3.27. The summed E-state index contributed by atoms with van der Waals surface area (Å²) < 4.78 is 32.3. The second-order valence-electron chi connectivity index (χ2n) is 6.69. The molecule has 2 heterocycles. The number of anilines is 1. The lowest BCUT2D eigenvalue weighted by Gasteiger charge is -2.32. The standard InChI is InChI=1S/C20H18F2N2O3S/c1-12(25)24-7-8-28-20(24)15-10-14(27-2)4-6-18(15)23(19(20)26)11-13-3-5-16(21)17(22)9-13/h3-6,9-10H,7-8,11H2,1-2H3/t20-/m1/s1. The first-order valence-corrected chi connectivity index (χ1v) is 9.73. The van der Waals surface area contributed by atoms with Crippen molar-refractivity contribution >= 4 is 29.3 Å². The zero-order chi connectivity index (χ0) is 20.1. The number of hydrogen-bond donors (Lipinski definition) is 0. The van der Waals surface area contributed by atoms with Crippen LogP contribution in [0, 0.1) is 11.6 Å². The van der Waals surface area contributed by atoms with Gasteiger partial charge in [0.05, 0.1) is 19.3 Å². The van der Waals surface area contributed by atoms with Crippen LogP contribution in [0.3, 0.4) is 0 Å². The van der Waals surface area contributed by atoms with Crippen molar-refractivity contribution in [3.63, 3.8) is 0 Å². The summed E-state index contributed by atoms with van der Waals surface area (Å²) in [6.45, 7) is 1.98. The van der Waals surface area contributed by atoms with E-state index in [1.807, 2.05) is 0 Å². The summed E-state index contributed by atoms with van der Waals surface area (Å²) in [5, 5.41) is 0. The van der Waals surface area contributed by atoms with Gasteiger partial charge in [0, 0.05) is 24.8 Å². The minimum absolute atomic E-state index is 0.0728. The Morgan fingerprint density at radius 3 is 2.68 bits per heavy atom. The third-order valence-corrected chi connectivity index (χ3v) is 6.52. The fourth-order valence-electron chi connectivity index (χ4n) is 3.83. The Morgan fingerprint density at radius 1 is 1.21 bits per heavy atom. The average Bonchev–Trinajstić information content (AvgIpc) is 3.22. The largest absolute Gasteiger partial charge is 0.497 e. The van der Waals surface area contributed by atoms with Crippen molar-refractivity contribution in [2.45, 2.75) is 18.3 Å². The molecule has 0 N–H and O–H groups in total. The number of rotatable bonds is 3. The second-order valence-corrected chi connectivity index (χ2v) is 7.97. The average molecular weight is 404 g/mol. The summed E-state index contributed by atoms with van der Waals surface area (Å²) in [5.74, 6) is -1.15. The van der Waals surface area contributed by atoms with Gasteiger partial charge in [0.15, 0.2) is 16.5 Å². The molecule has 146 valence electrons. The van der Waals surface area contributed by atoms with E-state index in [-0.39, 0.29) is 18.4 Å². The maximum atomic E-state index is 13.7. The molecule has 8 heteroatoms. The van der Waals surface area contributed by atoms with Crippen molar-refractivity contribution in [1.82, 2.24) is 4.90 Å². The van der Waals surface area contributed by atoms with Gasteiger partial charge < -0.3 is 14.5 Å². The van der Waals surface area contributed by atoms with Crippen molar-refractivity contribution in [2.75, 3.05) is 24.3 Å². The number of thioether (sulfide) groups is 1. The van der Waals surface area contributed by atoms with Gasteiger partial charge in [0.2, 0.25) is 5.91 Å². The maximum absolute atomic E-state index is 13.7. The molecule has 1 fully saturated rings. The summed E-state index contributed by atoms with van der Waals surface area (Å²) in [6, 6.07) is 8.85. The number of benzene rings is 2. The molecule has 28 heavy (non-hydrogen) atoms. The van der Waals surface area contributed by atoms with Crippen LogP contribution < -0.4 is 9.64 Å². The quantitative estimate of drug-likeness (QED) is 0.788. The molecule has 0 unspecified atom stereocenters. The van der Waals surface area contributed by atoms with E-state index in [4.69, 9.17) is 4.74 Å². The Morgan fingerprint density at radius 2 is 2.00 bits per heavy atom. The van der Waals surface area contributed by atoms with Crippen molar-refractivity contribution < 1.29 is 23.1 Å². The van der Waals surface area contributed by atoms with Crippen molar-refractivity contribution in [3.05, 3.63) is 59.2 Å². The molecule has 0 saturated carbocycles. The first kappa shape index (κ1) is 18.7. The van der Waals surface area contributed by atoms with Crippen LogP contribution in [-0.2, 0) is 21.0 Å². The highest BCUT2D eigenvalue weighted by atomic mass is 32.2. The van der Waals surface area contributed by atoms with Crippen LogP contribution in [0.1, 0.15) is 18.1 Å². The summed E-state index contributed by atoms with van der Waals surface area (Å²) in [6.07, 6.45) is 0. The Balaban J connectivity index is 1.82. The van der Waals surface area contributed by atoms with Crippen molar-refractivity contribution in [1.29, 1.82) is 0 Å². The van der Waals surface area contributed by atoms with E-state index >= 15 is 0 Å². The molecular formula is C20H18F2N2O3S. The molecule has 0 aliphatic carbocycles. The third kappa shape index (κ3) is 2.66. The molecule has 1 spiro atoms. The summed E-state index contributed by atoms with van der Waals surface area (Å²) in [4.78, 5) is 27.8. The van der Waals surface area contributed by atoms with Crippen LogP contribution in [0.2, 0.25) is 0 Å². The predicted molar refractivity (Wildman–Crippen MR) is 102 cm³/mol. The van der Waals surface area contributed by atoms with E-state index in [9.17, 15) is 18.4 Å². The van der Waals surface area contributed by atoms with E-state index in [1.54, 1.807) is 23.1 Å². The normalized spacial score (nSPS) is 20.8. The molecule has 2 aliphatic rings. The van der Waals surface area contributed by atoms with Crippen LogP contribution in [0.5, 0.6) is 5.75 Å². The molecule has 5 nitrogen and oxygen atoms in total. The highest BCUT2D eigenvalue weighted by Crippen LogP contribution is 2.55. The zero-order valence-corrected chi connectivity index (χ0v) is 16.2. The van der Waals surface area contributed by atoms with Gasteiger partial charge in [-0.25, -0.2) is 8.78 Å². The molecule has 4 rings (SSSR count). The summed E-state index contributed by atoms with van der Waals surface area (Å²) >= 11 is 1.40. The van der Waals surface area contributed by atoms with Gasteiger partial charge in [-0.05, 0) is 35.9 Å². The molecule has 2 aliphatic heterocycles. The topological polar surface area (TPSA) is 49.9 Å². The highest BCUT2D eigenvalue weighted by molar-refractivity contribution is 8.01.